The van der Waals surface area contributed by atoms with Crippen molar-refractivity contribution in [1.82, 2.24) is 14.7 Å². The lowest BCUT2D eigenvalue weighted by Gasteiger charge is -2.28. The quantitative estimate of drug-likeness (QED) is 0.133. The molecule has 48 heavy (non-hydrogen) atoms. The van der Waals surface area contributed by atoms with Crippen molar-refractivity contribution in [2.75, 3.05) is 37.4 Å². The van der Waals surface area contributed by atoms with Crippen LogP contribution in [0, 0.1) is 18.8 Å². The van der Waals surface area contributed by atoms with Crippen molar-refractivity contribution in [3.8, 4) is 5.75 Å². The number of aryl methyl sites for hydroxylation is 1. The Labute approximate surface area is 278 Å². The van der Waals surface area contributed by atoms with Gasteiger partial charge in [0.05, 0.1) is 17.5 Å². The van der Waals surface area contributed by atoms with Gasteiger partial charge in [0.25, 0.3) is 0 Å². The summed E-state index contributed by atoms with van der Waals surface area (Å²) in [6, 6.07) is 23.2. The van der Waals surface area contributed by atoms with E-state index in [1.807, 2.05) is 55.5 Å². The van der Waals surface area contributed by atoms with Crippen molar-refractivity contribution in [2.45, 2.75) is 50.1 Å². The maximum atomic E-state index is 12.6. The highest BCUT2D eigenvalue weighted by Gasteiger charge is 2.38. The van der Waals surface area contributed by atoms with Gasteiger partial charge in [-0.2, -0.15) is 18.2 Å². The minimum absolute atomic E-state index is 0.325. The number of sulfonamides is 1. The van der Waals surface area contributed by atoms with Crippen LogP contribution in [0.5, 0.6) is 5.75 Å². The monoisotopic (exact) mass is 687 g/mol. The Morgan fingerprint density at radius 3 is 2.10 bits per heavy atom. The van der Waals surface area contributed by atoms with Gasteiger partial charge in [-0.15, -0.1) is 0 Å². The van der Waals surface area contributed by atoms with E-state index >= 15 is 0 Å². The average Bonchev–Trinajstić information content (AvgIpc) is 3.07. The summed E-state index contributed by atoms with van der Waals surface area (Å²) in [7, 11) is -1.80. The highest BCUT2D eigenvalue weighted by Crippen LogP contribution is 2.29. The van der Waals surface area contributed by atoms with E-state index in [1.165, 1.54) is 5.56 Å². The first-order valence-corrected chi connectivity index (χ1v) is 17.1. The number of aliphatic carboxylic acids is 1. The van der Waals surface area contributed by atoms with E-state index in [-0.39, 0.29) is 0 Å². The molecule has 4 N–H and O–H groups in total. The molecular formula is C34H40F3N5O5S. The van der Waals surface area contributed by atoms with E-state index in [2.05, 4.69) is 27.5 Å². The zero-order chi connectivity index (χ0) is 34.7. The zero-order valence-electron chi connectivity index (χ0n) is 26.8. The van der Waals surface area contributed by atoms with Crippen LogP contribution in [0.1, 0.15) is 36.8 Å². The summed E-state index contributed by atoms with van der Waals surface area (Å²) in [6.07, 6.45) is -0.122. The highest BCUT2D eigenvalue weighted by molar-refractivity contribution is 7.89. The summed E-state index contributed by atoms with van der Waals surface area (Å²) < 4.78 is 65.1. The van der Waals surface area contributed by atoms with Crippen molar-refractivity contribution in [1.29, 1.82) is 0 Å². The molecular weight excluding hydrogens is 647 g/mol. The van der Waals surface area contributed by atoms with E-state index in [4.69, 9.17) is 24.6 Å². The van der Waals surface area contributed by atoms with E-state index in [1.54, 1.807) is 19.2 Å². The third kappa shape index (κ3) is 10.8. The van der Waals surface area contributed by atoms with E-state index in [9.17, 15) is 21.6 Å². The molecule has 5 rings (SSSR count). The molecule has 0 aliphatic heterocycles. The molecule has 1 heterocycles. The molecule has 4 aromatic rings. The molecule has 0 spiro atoms. The predicted octanol–water partition coefficient (Wildman–Crippen LogP) is 6.43. The molecule has 0 atom stereocenters. The Kier molecular flexibility index (Phi) is 12.6. The van der Waals surface area contributed by atoms with E-state index in [0.29, 0.717) is 29.2 Å². The van der Waals surface area contributed by atoms with Gasteiger partial charge in [-0.05, 0) is 92.8 Å². The first kappa shape index (κ1) is 36.4. The number of halogens is 3. The molecule has 14 heteroatoms. The molecule has 3 aromatic carbocycles. The number of nitrogens with one attached hydrogen (secondary N) is 3. The first-order chi connectivity index (χ1) is 22.8. The number of nitrogens with zero attached hydrogens (tertiary/aromatic N) is 2. The fourth-order valence-electron chi connectivity index (χ4n) is 5.31. The Hall–Kier alpha value is -4.43. The second kappa shape index (κ2) is 16.6. The lowest BCUT2D eigenvalue weighted by atomic mass is 9.82. The van der Waals surface area contributed by atoms with Gasteiger partial charge in [-0.1, -0.05) is 42.0 Å². The van der Waals surface area contributed by atoms with Gasteiger partial charge in [0.1, 0.15) is 11.6 Å². The van der Waals surface area contributed by atoms with Crippen LogP contribution in [0.2, 0.25) is 0 Å². The Morgan fingerprint density at radius 2 is 1.50 bits per heavy atom. The number of anilines is 2. The van der Waals surface area contributed by atoms with Crippen molar-refractivity contribution < 1.29 is 36.2 Å². The maximum absolute atomic E-state index is 12.6. The van der Waals surface area contributed by atoms with Crippen molar-refractivity contribution in [3.05, 3.63) is 83.9 Å². The first-order valence-electron chi connectivity index (χ1n) is 15.6. The summed E-state index contributed by atoms with van der Waals surface area (Å²) in [5.41, 5.74) is 3.18. The summed E-state index contributed by atoms with van der Waals surface area (Å²) in [6.45, 7) is 3.98. The fraction of sp³-hybridized carbons (Fsp3) is 0.382. The average molecular weight is 688 g/mol. The maximum Gasteiger partial charge on any atom is 0.490 e. The Bertz CT molecular complexity index is 1750. The normalized spacial score (nSPS) is 16.4. The van der Waals surface area contributed by atoms with E-state index in [0.717, 1.165) is 73.2 Å². The van der Waals surface area contributed by atoms with Gasteiger partial charge in [0.2, 0.25) is 16.0 Å². The fourth-order valence-corrected chi connectivity index (χ4v) is 6.43. The standard InChI is InChI=1S/C32H39N5O3S.C2HF3O2/c1-23-7-17-28(18-8-23)41(38,39)35-22-26-11-9-25(10-12-26)21-34-32-36-30-6-4-3-5-29(30)31(37-32)33-20-19-24-13-15-27(40-2)16-14-24;3-2(4,5)1(6)7/h3-8,13-18,25-26,35H,9-12,19-22H2,1-2H3,(H2,33,34,36,37);(H,6,7). The molecule has 10 nitrogen and oxygen atoms in total. The van der Waals surface area contributed by atoms with Crippen molar-refractivity contribution in [3.63, 3.8) is 0 Å². The molecule has 0 saturated heterocycles. The number of hydrogen-bond donors (Lipinski definition) is 4. The van der Waals surface area contributed by atoms with Gasteiger partial charge in [-0.3, -0.25) is 0 Å². The van der Waals surface area contributed by atoms with Crippen LogP contribution in [0.4, 0.5) is 24.9 Å². The summed E-state index contributed by atoms with van der Waals surface area (Å²) in [4.78, 5) is 18.8. The number of methoxy groups -OCH3 is 1. The molecule has 1 aromatic heterocycles. The minimum atomic E-state index is -5.08. The third-order valence-corrected chi connectivity index (χ3v) is 9.56. The number of aromatic nitrogens is 2. The van der Waals surface area contributed by atoms with Crippen LogP contribution >= 0.6 is 0 Å². The van der Waals surface area contributed by atoms with Crippen LogP contribution in [0.3, 0.4) is 0 Å². The molecule has 1 fully saturated rings. The van der Waals surface area contributed by atoms with Crippen LogP contribution in [0.15, 0.2) is 77.7 Å². The predicted molar refractivity (Wildman–Crippen MR) is 179 cm³/mol. The number of carboxylic acids is 1. The lowest BCUT2D eigenvalue weighted by molar-refractivity contribution is -0.192. The second-order valence-electron chi connectivity index (χ2n) is 11.7. The third-order valence-electron chi connectivity index (χ3n) is 8.12. The lowest BCUT2D eigenvalue weighted by Crippen LogP contribution is -2.32. The molecule has 258 valence electrons. The van der Waals surface area contributed by atoms with Gasteiger partial charge < -0.3 is 20.5 Å². The van der Waals surface area contributed by atoms with Gasteiger partial charge in [-0.25, -0.2) is 22.9 Å². The number of alkyl halides is 3. The van der Waals surface area contributed by atoms with E-state index < -0.39 is 22.2 Å². The number of carboxylic acid groups (broad SMARTS) is 1. The second-order valence-corrected chi connectivity index (χ2v) is 13.4. The summed E-state index contributed by atoms with van der Waals surface area (Å²) in [5, 5.41) is 15.1. The number of ether oxygens (including phenoxy) is 1. The van der Waals surface area contributed by atoms with Crippen LogP contribution in [-0.4, -0.2) is 62.4 Å². The SMILES string of the molecule is COc1ccc(CCNc2nc(NCC3CCC(CNS(=O)(=O)c4ccc(C)cc4)CC3)nc3ccccc23)cc1.O=C(O)C(F)(F)F. The topological polar surface area (TPSA) is 143 Å². The van der Waals surface area contributed by atoms with Crippen LogP contribution < -0.4 is 20.1 Å². The number of rotatable bonds is 12. The number of hydrogen-bond acceptors (Lipinski definition) is 8. The zero-order valence-corrected chi connectivity index (χ0v) is 27.6. The molecule has 0 amide bonds. The molecule has 0 bridgehead atoms. The highest BCUT2D eigenvalue weighted by atomic mass is 32.2. The largest absolute Gasteiger partial charge is 0.497 e. The number of para-hydroxylation sites is 1. The molecule has 0 radical (unpaired) electrons. The number of carbonyl (C=O) groups is 1. The Morgan fingerprint density at radius 1 is 0.896 bits per heavy atom. The van der Waals surface area contributed by atoms with Crippen molar-refractivity contribution >= 4 is 38.7 Å². The number of fused-ring (bicyclic) bond motifs is 1. The molecule has 1 aliphatic carbocycles. The molecule has 1 saturated carbocycles. The summed E-state index contributed by atoms with van der Waals surface area (Å²) in [5.74, 6) is 0.411. The smallest absolute Gasteiger partial charge is 0.490 e. The van der Waals surface area contributed by atoms with Crippen molar-refractivity contribution in [2.24, 2.45) is 11.8 Å². The van der Waals surface area contributed by atoms with Crippen LogP contribution in [-0.2, 0) is 21.2 Å². The van der Waals surface area contributed by atoms with Crippen LogP contribution in [0.25, 0.3) is 10.9 Å². The van der Waals surface area contributed by atoms with Gasteiger partial charge in [0, 0.05) is 25.0 Å². The molecule has 0 unspecified atom stereocenters. The minimum Gasteiger partial charge on any atom is -0.497 e. The Balaban J connectivity index is 0.000000671. The molecule has 1 aliphatic rings. The van der Waals surface area contributed by atoms with Gasteiger partial charge in [0.15, 0.2) is 0 Å². The number of benzene rings is 3. The van der Waals surface area contributed by atoms with Gasteiger partial charge >= 0.3 is 12.1 Å². The summed E-state index contributed by atoms with van der Waals surface area (Å²) >= 11 is 0.